The topological polar surface area (TPSA) is 75.9 Å². The van der Waals surface area contributed by atoms with E-state index in [0.29, 0.717) is 17.8 Å². The number of nitrogens with one attached hydrogen (secondary N) is 2. The third-order valence-corrected chi connectivity index (χ3v) is 3.38. The molecule has 0 spiro atoms. The van der Waals surface area contributed by atoms with E-state index in [1.54, 1.807) is 0 Å². The highest BCUT2D eigenvalue weighted by Gasteiger charge is 2.15. The van der Waals surface area contributed by atoms with Gasteiger partial charge in [-0.2, -0.15) is 11.8 Å². The van der Waals surface area contributed by atoms with Gasteiger partial charge in [0.2, 0.25) is 0 Å². The summed E-state index contributed by atoms with van der Waals surface area (Å²) < 4.78 is 0. The van der Waals surface area contributed by atoms with Crippen molar-refractivity contribution in [2.45, 2.75) is 39.2 Å². The first-order chi connectivity index (χ1) is 8.60. The maximum Gasteiger partial charge on any atom is 0.148 e. The number of aromatic nitrogens is 2. The van der Waals surface area contributed by atoms with Gasteiger partial charge in [-0.15, -0.1) is 0 Å². The summed E-state index contributed by atoms with van der Waals surface area (Å²) in [5.74, 6) is 8.52. The molecule has 1 aromatic heterocycles. The first-order valence-corrected chi connectivity index (χ1v) is 7.56. The fourth-order valence-corrected chi connectivity index (χ4v) is 2.36. The standard InChI is InChI=1S/C12H23N5S/c1-8(2)10-11(14-7-15-12(10)17-13)16-9(3)5-6-18-4/h7-9H,5-6,13H2,1-4H3,(H2,14,15,16,17). The summed E-state index contributed by atoms with van der Waals surface area (Å²) in [7, 11) is 0. The molecule has 102 valence electrons. The summed E-state index contributed by atoms with van der Waals surface area (Å²) in [4.78, 5) is 8.49. The highest BCUT2D eigenvalue weighted by atomic mass is 32.2. The van der Waals surface area contributed by atoms with E-state index >= 15 is 0 Å². The maximum atomic E-state index is 5.50. The predicted molar refractivity (Wildman–Crippen MR) is 80.0 cm³/mol. The Morgan fingerprint density at radius 1 is 1.28 bits per heavy atom. The van der Waals surface area contributed by atoms with Gasteiger partial charge >= 0.3 is 0 Å². The quantitative estimate of drug-likeness (QED) is 0.521. The van der Waals surface area contributed by atoms with Crippen LogP contribution in [0.4, 0.5) is 11.6 Å². The van der Waals surface area contributed by atoms with Gasteiger partial charge in [0.05, 0.1) is 0 Å². The van der Waals surface area contributed by atoms with Crippen LogP contribution in [0, 0.1) is 0 Å². The molecule has 0 saturated heterocycles. The fourth-order valence-electron chi connectivity index (χ4n) is 1.77. The van der Waals surface area contributed by atoms with Gasteiger partial charge in [0.15, 0.2) is 0 Å². The number of rotatable bonds is 7. The molecule has 0 aliphatic heterocycles. The van der Waals surface area contributed by atoms with Gasteiger partial charge in [0, 0.05) is 11.6 Å². The normalized spacial score (nSPS) is 12.6. The Morgan fingerprint density at radius 3 is 2.50 bits per heavy atom. The lowest BCUT2D eigenvalue weighted by molar-refractivity contribution is 0.755. The molecule has 6 heteroatoms. The Bertz CT molecular complexity index is 369. The molecule has 1 rings (SSSR count). The monoisotopic (exact) mass is 269 g/mol. The molecule has 1 heterocycles. The third kappa shape index (κ3) is 4.03. The van der Waals surface area contributed by atoms with Crippen molar-refractivity contribution in [2.75, 3.05) is 22.8 Å². The van der Waals surface area contributed by atoms with Crippen LogP contribution in [0.5, 0.6) is 0 Å². The SMILES string of the molecule is CSCCC(C)Nc1ncnc(NN)c1C(C)C. The molecule has 4 N–H and O–H groups in total. The molecular weight excluding hydrogens is 246 g/mol. The van der Waals surface area contributed by atoms with Crippen LogP contribution in [0.15, 0.2) is 6.33 Å². The van der Waals surface area contributed by atoms with Crippen LogP contribution in [0.25, 0.3) is 0 Å². The van der Waals surface area contributed by atoms with Crippen LogP contribution in [0.1, 0.15) is 38.7 Å². The zero-order valence-corrected chi connectivity index (χ0v) is 12.3. The van der Waals surface area contributed by atoms with E-state index in [9.17, 15) is 0 Å². The molecule has 0 amide bonds. The molecule has 0 radical (unpaired) electrons. The second kappa shape index (κ2) is 7.43. The Morgan fingerprint density at radius 2 is 1.94 bits per heavy atom. The van der Waals surface area contributed by atoms with Crippen molar-refractivity contribution in [3.05, 3.63) is 11.9 Å². The van der Waals surface area contributed by atoms with Crippen molar-refractivity contribution in [3.63, 3.8) is 0 Å². The molecule has 18 heavy (non-hydrogen) atoms. The van der Waals surface area contributed by atoms with Gasteiger partial charge in [-0.3, -0.25) is 0 Å². The Labute approximate surface area is 113 Å². The van der Waals surface area contributed by atoms with Crippen molar-refractivity contribution in [1.82, 2.24) is 9.97 Å². The van der Waals surface area contributed by atoms with Gasteiger partial charge in [-0.05, 0) is 31.3 Å². The number of thioether (sulfide) groups is 1. The number of nitrogens with two attached hydrogens (primary N) is 1. The van der Waals surface area contributed by atoms with Crippen LogP contribution in [-0.2, 0) is 0 Å². The number of nitrogens with zero attached hydrogens (tertiary/aromatic N) is 2. The summed E-state index contributed by atoms with van der Waals surface area (Å²) in [5, 5.41) is 3.44. The van der Waals surface area contributed by atoms with E-state index in [0.717, 1.165) is 23.6 Å². The molecule has 1 aromatic rings. The molecule has 0 aliphatic rings. The van der Waals surface area contributed by atoms with Gasteiger partial charge < -0.3 is 10.7 Å². The number of hydrogen-bond acceptors (Lipinski definition) is 6. The zero-order valence-electron chi connectivity index (χ0n) is 11.5. The molecule has 0 saturated carbocycles. The Balaban J connectivity index is 2.87. The molecule has 0 fully saturated rings. The Hall–Kier alpha value is -1.01. The minimum atomic E-state index is 0.313. The molecular formula is C12H23N5S. The van der Waals surface area contributed by atoms with Crippen molar-refractivity contribution in [2.24, 2.45) is 5.84 Å². The lowest BCUT2D eigenvalue weighted by atomic mass is 10.0. The molecule has 5 nitrogen and oxygen atoms in total. The number of hydrazine groups is 1. The van der Waals surface area contributed by atoms with Crippen LogP contribution in [0.2, 0.25) is 0 Å². The van der Waals surface area contributed by atoms with Gasteiger partial charge in [-0.25, -0.2) is 15.8 Å². The third-order valence-electron chi connectivity index (χ3n) is 2.74. The van der Waals surface area contributed by atoms with Crippen molar-refractivity contribution in [3.8, 4) is 0 Å². The van der Waals surface area contributed by atoms with Crippen molar-refractivity contribution >= 4 is 23.4 Å². The van der Waals surface area contributed by atoms with Crippen molar-refractivity contribution in [1.29, 1.82) is 0 Å². The van der Waals surface area contributed by atoms with E-state index in [1.807, 2.05) is 11.8 Å². The molecule has 0 aromatic carbocycles. The highest BCUT2D eigenvalue weighted by molar-refractivity contribution is 7.98. The molecule has 0 aliphatic carbocycles. The lowest BCUT2D eigenvalue weighted by Gasteiger charge is -2.20. The fraction of sp³-hybridized carbons (Fsp3) is 0.667. The second-order valence-corrected chi connectivity index (χ2v) is 5.60. The van der Waals surface area contributed by atoms with Crippen LogP contribution in [-0.4, -0.2) is 28.0 Å². The average Bonchev–Trinajstić information content (AvgIpc) is 2.35. The predicted octanol–water partition coefficient (Wildman–Crippen LogP) is 2.44. The van der Waals surface area contributed by atoms with E-state index in [2.05, 4.69) is 47.7 Å². The van der Waals surface area contributed by atoms with Crippen LogP contribution >= 0.6 is 11.8 Å². The molecule has 1 unspecified atom stereocenters. The molecule has 0 bridgehead atoms. The van der Waals surface area contributed by atoms with Crippen LogP contribution in [0.3, 0.4) is 0 Å². The van der Waals surface area contributed by atoms with E-state index in [1.165, 1.54) is 6.33 Å². The minimum Gasteiger partial charge on any atom is -0.367 e. The minimum absolute atomic E-state index is 0.313. The summed E-state index contributed by atoms with van der Waals surface area (Å²) >= 11 is 1.85. The highest BCUT2D eigenvalue weighted by Crippen LogP contribution is 2.28. The average molecular weight is 269 g/mol. The summed E-state index contributed by atoms with van der Waals surface area (Å²) in [6.07, 6.45) is 4.76. The van der Waals surface area contributed by atoms with Crippen molar-refractivity contribution < 1.29 is 0 Å². The summed E-state index contributed by atoms with van der Waals surface area (Å²) in [6, 6.07) is 0.385. The van der Waals surface area contributed by atoms with E-state index < -0.39 is 0 Å². The summed E-state index contributed by atoms with van der Waals surface area (Å²) in [5.41, 5.74) is 3.68. The second-order valence-electron chi connectivity index (χ2n) is 4.61. The van der Waals surface area contributed by atoms with E-state index in [4.69, 9.17) is 5.84 Å². The Kier molecular flexibility index (Phi) is 6.21. The number of anilines is 2. The van der Waals surface area contributed by atoms with Gasteiger partial charge in [-0.1, -0.05) is 13.8 Å². The first kappa shape index (κ1) is 15.0. The van der Waals surface area contributed by atoms with Gasteiger partial charge in [0.1, 0.15) is 18.0 Å². The van der Waals surface area contributed by atoms with E-state index in [-0.39, 0.29) is 0 Å². The largest absolute Gasteiger partial charge is 0.367 e. The maximum absolute atomic E-state index is 5.50. The summed E-state index contributed by atoms with van der Waals surface area (Å²) in [6.45, 7) is 6.38. The zero-order chi connectivity index (χ0) is 13.5. The van der Waals surface area contributed by atoms with Gasteiger partial charge in [0.25, 0.3) is 0 Å². The lowest BCUT2D eigenvalue weighted by Crippen LogP contribution is -2.20. The smallest absolute Gasteiger partial charge is 0.148 e. The first-order valence-electron chi connectivity index (χ1n) is 6.17. The number of nitrogen functional groups attached to an aromatic ring is 1. The number of hydrogen-bond donors (Lipinski definition) is 3. The van der Waals surface area contributed by atoms with Crippen LogP contribution < -0.4 is 16.6 Å². The molecule has 1 atom stereocenters.